The van der Waals surface area contributed by atoms with Gasteiger partial charge in [-0.15, -0.1) is 0 Å². The molecule has 0 fully saturated rings. The first-order chi connectivity index (χ1) is 12.4. The summed E-state index contributed by atoms with van der Waals surface area (Å²) < 4.78 is 14.7. The molecule has 26 heavy (non-hydrogen) atoms. The van der Waals surface area contributed by atoms with Crippen LogP contribution < -0.4 is 5.56 Å². The first-order valence-corrected chi connectivity index (χ1v) is 9.24. The number of carbonyl (C=O) groups is 1. The van der Waals surface area contributed by atoms with Gasteiger partial charge in [-0.3, -0.25) is 14.2 Å². The van der Waals surface area contributed by atoms with Gasteiger partial charge in [-0.05, 0) is 57.2 Å². The van der Waals surface area contributed by atoms with Gasteiger partial charge in [0.2, 0.25) is 0 Å². The number of para-hydroxylation sites is 1. The Kier molecular flexibility index (Phi) is 5.23. The lowest BCUT2D eigenvalue weighted by Crippen LogP contribution is -2.26. The lowest BCUT2D eigenvalue weighted by Gasteiger charge is -2.18. The van der Waals surface area contributed by atoms with Gasteiger partial charge in [0.15, 0.2) is 10.9 Å². The van der Waals surface area contributed by atoms with Crippen molar-refractivity contribution >= 4 is 28.4 Å². The smallest absolute Gasteiger partial charge is 0.262 e. The van der Waals surface area contributed by atoms with Crippen LogP contribution in [0, 0.1) is 5.82 Å². The van der Waals surface area contributed by atoms with E-state index >= 15 is 0 Å². The average molecular weight is 370 g/mol. The molecule has 2 aromatic carbocycles. The first kappa shape index (κ1) is 18.3. The number of Topliss-reactive ketones (excluding diaryl/α,β-unsaturated/α-hetero) is 1. The van der Waals surface area contributed by atoms with E-state index in [1.54, 1.807) is 23.6 Å². The van der Waals surface area contributed by atoms with Crippen LogP contribution in [-0.4, -0.2) is 20.6 Å². The number of benzene rings is 2. The van der Waals surface area contributed by atoms with E-state index in [0.717, 1.165) is 0 Å². The largest absolute Gasteiger partial charge is 0.293 e. The number of carbonyl (C=O) groups excluding carboxylic acids is 1. The summed E-state index contributed by atoms with van der Waals surface area (Å²) in [5.41, 5.74) is 0.929. The van der Waals surface area contributed by atoms with Gasteiger partial charge in [0.1, 0.15) is 5.82 Å². The van der Waals surface area contributed by atoms with Crippen LogP contribution in [0.5, 0.6) is 0 Å². The van der Waals surface area contributed by atoms with Crippen molar-refractivity contribution in [3.05, 3.63) is 70.3 Å². The zero-order valence-corrected chi connectivity index (χ0v) is 15.6. The van der Waals surface area contributed by atoms with E-state index in [1.165, 1.54) is 36.0 Å². The summed E-state index contributed by atoms with van der Waals surface area (Å²) in [5.74, 6) is -0.514. The average Bonchev–Trinajstić information content (AvgIpc) is 2.61. The molecule has 0 radical (unpaired) electrons. The van der Waals surface area contributed by atoms with Crippen molar-refractivity contribution in [1.29, 1.82) is 0 Å². The fraction of sp³-hybridized carbons (Fsp3) is 0.250. The van der Waals surface area contributed by atoms with Gasteiger partial charge in [-0.2, -0.15) is 0 Å². The molecular formula is C20H19FN2O2S. The molecule has 1 atom stereocenters. The second-order valence-corrected chi connectivity index (χ2v) is 7.62. The number of thioether (sulfide) groups is 1. The van der Waals surface area contributed by atoms with Crippen molar-refractivity contribution in [3.8, 4) is 0 Å². The maximum Gasteiger partial charge on any atom is 0.262 e. The molecule has 1 heterocycles. The highest BCUT2D eigenvalue weighted by Crippen LogP contribution is 2.26. The Bertz CT molecular complexity index is 1010. The number of fused-ring (bicyclic) bond motifs is 1. The van der Waals surface area contributed by atoms with Crippen LogP contribution in [0.25, 0.3) is 10.9 Å². The van der Waals surface area contributed by atoms with E-state index < -0.39 is 5.25 Å². The maximum absolute atomic E-state index is 13.1. The number of hydrogen-bond donors (Lipinski definition) is 0. The van der Waals surface area contributed by atoms with Crippen LogP contribution in [0.2, 0.25) is 0 Å². The molecule has 4 nitrogen and oxygen atoms in total. The van der Waals surface area contributed by atoms with Crippen molar-refractivity contribution in [2.24, 2.45) is 0 Å². The van der Waals surface area contributed by atoms with Gasteiger partial charge in [0.05, 0.1) is 16.2 Å². The normalized spacial score (nSPS) is 12.5. The third-order valence-corrected chi connectivity index (χ3v) is 5.14. The minimum Gasteiger partial charge on any atom is -0.293 e. The summed E-state index contributed by atoms with van der Waals surface area (Å²) in [5, 5.41) is 0.605. The lowest BCUT2D eigenvalue weighted by atomic mass is 10.1. The molecule has 3 rings (SSSR count). The molecule has 6 heteroatoms. The Labute approximate surface area is 155 Å². The predicted octanol–water partition coefficient (Wildman–Crippen LogP) is 4.48. The van der Waals surface area contributed by atoms with Crippen molar-refractivity contribution in [2.45, 2.75) is 37.2 Å². The van der Waals surface area contributed by atoms with E-state index in [-0.39, 0.29) is 23.2 Å². The minimum absolute atomic E-state index is 0.0878. The quantitative estimate of drug-likeness (QED) is 0.377. The second-order valence-electron chi connectivity index (χ2n) is 6.31. The zero-order chi connectivity index (χ0) is 18.8. The number of nitrogens with zero attached hydrogens (tertiary/aromatic N) is 2. The number of rotatable bonds is 5. The first-order valence-electron chi connectivity index (χ1n) is 8.36. The summed E-state index contributed by atoms with van der Waals surface area (Å²) in [7, 11) is 0. The highest BCUT2D eigenvalue weighted by atomic mass is 32.2. The van der Waals surface area contributed by atoms with Crippen molar-refractivity contribution < 1.29 is 9.18 Å². The SMILES string of the molecule is CC(Sc1nc2ccccc2c(=O)n1C(C)C)C(=O)c1ccc(F)cc1. The molecule has 0 aliphatic heterocycles. The molecule has 0 N–H and O–H groups in total. The monoisotopic (exact) mass is 370 g/mol. The van der Waals surface area contributed by atoms with Gasteiger partial charge in [0.25, 0.3) is 5.56 Å². The summed E-state index contributed by atoms with van der Waals surface area (Å²) >= 11 is 1.24. The Morgan fingerprint density at radius 1 is 1.08 bits per heavy atom. The molecule has 0 aliphatic carbocycles. The molecule has 134 valence electrons. The van der Waals surface area contributed by atoms with Crippen molar-refractivity contribution in [1.82, 2.24) is 9.55 Å². The van der Waals surface area contributed by atoms with Crippen molar-refractivity contribution in [2.75, 3.05) is 0 Å². The number of aromatic nitrogens is 2. The third kappa shape index (κ3) is 3.55. The molecule has 3 aromatic rings. The summed E-state index contributed by atoms with van der Waals surface area (Å²) in [6.45, 7) is 5.59. The molecule has 1 unspecified atom stereocenters. The zero-order valence-electron chi connectivity index (χ0n) is 14.8. The van der Waals surface area contributed by atoms with E-state index in [9.17, 15) is 14.0 Å². The molecule has 1 aromatic heterocycles. The molecule has 0 aliphatic rings. The Balaban J connectivity index is 1.99. The summed E-state index contributed by atoms with van der Waals surface area (Å²) in [6.07, 6.45) is 0. The van der Waals surface area contributed by atoms with Crippen LogP contribution in [-0.2, 0) is 0 Å². The van der Waals surface area contributed by atoms with E-state index in [1.807, 2.05) is 26.0 Å². The van der Waals surface area contributed by atoms with Gasteiger partial charge in [-0.25, -0.2) is 9.37 Å². The standard InChI is InChI=1S/C20H19FN2O2S/c1-12(2)23-19(25)16-6-4-5-7-17(16)22-20(23)26-13(3)18(24)14-8-10-15(21)11-9-14/h4-13H,1-3H3. The molecule has 0 spiro atoms. The fourth-order valence-corrected chi connectivity index (χ4v) is 3.84. The second kappa shape index (κ2) is 7.41. The number of ketones is 1. The highest BCUT2D eigenvalue weighted by molar-refractivity contribution is 8.00. The van der Waals surface area contributed by atoms with Crippen LogP contribution in [0.15, 0.2) is 58.5 Å². The van der Waals surface area contributed by atoms with Gasteiger partial charge in [-0.1, -0.05) is 23.9 Å². The van der Waals surface area contributed by atoms with Gasteiger partial charge in [0, 0.05) is 11.6 Å². The van der Waals surface area contributed by atoms with E-state index in [0.29, 0.717) is 21.6 Å². The van der Waals surface area contributed by atoms with Gasteiger partial charge >= 0.3 is 0 Å². The van der Waals surface area contributed by atoms with Crippen LogP contribution >= 0.6 is 11.8 Å². The van der Waals surface area contributed by atoms with E-state index in [2.05, 4.69) is 4.98 Å². The molecule has 0 saturated heterocycles. The maximum atomic E-state index is 13.1. The summed E-state index contributed by atoms with van der Waals surface area (Å²) in [4.78, 5) is 30.1. The van der Waals surface area contributed by atoms with Crippen molar-refractivity contribution in [3.63, 3.8) is 0 Å². The molecular weight excluding hydrogens is 351 g/mol. The fourth-order valence-electron chi connectivity index (χ4n) is 2.72. The Hall–Kier alpha value is -2.47. The molecule has 0 saturated carbocycles. The van der Waals surface area contributed by atoms with E-state index in [4.69, 9.17) is 0 Å². The predicted molar refractivity (Wildman–Crippen MR) is 102 cm³/mol. The van der Waals surface area contributed by atoms with Crippen LogP contribution in [0.1, 0.15) is 37.2 Å². The lowest BCUT2D eigenvalue weighted by molar-refractivity contribution is 0.0993. The third-order valence-electron chi connectivity index (χ3n) is 4.07. The van der Waals surface area contributed by atoms with Gasteiger partial charge < -0.3 is 0 Å². The van der Waals surface area contributed by atoms with Crippen LogP contribution in [0.4, 0.5) is 4.39 Å². The Morgan fingerprint density at radius 3 is 2.38 bits per heavy atom. The topological polar surface area (TPSA) is 52.0 Å². The molecule has 0 bridgehead atoms. The summed E-state index contributed by atoms with van der Waals surface area (Å²) in [6, 6.07) is 12.6. The van der Waals surface area contributed by atoms with Crippen LogP contribution in [0.3, 0.4) is 0 Å². The highest BCUT2D eigenvalue weighted by Gasteiger charge is 2.21. The number of hydrogen-bond acceptors (Lipinski definition) is 4. The Morgan fingerprint density at radius 2 is 1.73 bits per heavy atom. The number of halogens is 1. The minimum atomic E-state index is -0.460. The molecule has 0 amide bonds.